The van der Waals surface area contributed by atoms with Crippen molar-refractivity contribution >= 4 is 5.97 Å². The summed E-state index contributed by atoms with van der Waals surface area (Å²) in [6.07, 6.45) is 3.18. The summed E-state index contributed by atoms with van der Waals surface area (Å²) in [5, 5.41) is 8.37. The Hall–Kier alpha value is -0.670. The van der Waals surface area contributed by atoms with Crippen molar-refractivity contribution in [2.45, 2.75) is 45.0 Å². The Labute approximate surface area is 82.3 Å². The topological polar surface area (TPSA) is 37.3 Å². The minimum absolute atomic E-state index is 0.345. The first-order chi connectivity index (χ1) is 6.48. The summed E-state index contributed by atoms with van der Waals surface area (Å²) >= 11 is 0. The molecule has 0 aliphatic heterocycles. The van der Waals surface area contributed by atoms with Crippen molar-refractivity contribution < 1.29 is 18.7 Å². The van der Waals surface area contributed by atoms with E-state index in [0.717, 1.165) is 19.3 Å². The maximum Gasteiger partial charge on any atom is 0.374 e. The normalized spacial score (nSPS) is 28.8. The Kier molecular flexibility index (Phi) is 3.45. The lowest BCUT2D eigenvalue weighted by molar-refractivity contribution is -0.175. The minimum atomic E-state index is -3.53. The predicted octanol–water partition coefficient (Wildman–Crippen LogP) is 2.92. The summed E-state index contributed by atoms with van der Waals surface area (Å²) in [6, 6.07) is 0. The molecule has 4 heteroatoms. The van der Waals surface area contributed by atoms with Crippen LogP contribution in [0.1, 0.15) is 39.0 Å². The summed E-state index contributed by atoms with van der Waals surface area (Å²) in [5.41, 5.74) is 0. The largest absolute Gasteiger partial charge is 0.477 e. The number of carboxylic acids is 1. The first-order valence-electron chi connectivity index (χ1n) is 5.09. The summed E-state index contributed by atoms with van der Waals surface area (Å²) in [4.78, 5) is 10.3. The van der Waals surface area contributed by atoms with Gasteiger partial charge in [0.25, 0.3) is 0 Å². The van der Waals surface area contributed by atoms with Gasteiger partial charge in [-0.25, -0.2) is 4.79 Å². The molecule has 1 aliphatic rings. The molecular weight excluding hydrogens is 190 g/mol. The van der Waals surface area contributed by atoms with Crippen LogP contribution in [0.25, 0.3) is 0 Å². The molecule has 0 saturated heterocycles. The van der Waals surface area contributed by atoms with Gasteiger partial charge in [0.15, 0.2) is 0 Å². The van der Waals surface area contributed by atoms with Gasteiger partial charge in [0.2, 0.25) is 0 Å². The fourth-order valence-electron chi connectivity index (χ4n) is 2.11. The van der Waals surface area contributed by atoms with Crippen molar-refractivity contribution in [3.63, 3.8) is 0 Å². The summed E-state index contributed by atoms with van der Waals surface area (Å²) in [7, 11) is 0. The third kappa shape index (κ3) is 2.22. The highest BCUT2D eigenvalue weighted by molar-refractivity contribution is 5.75. The monoisotopic (exact) mass is 206 g/mol. The van der Waals surface area contributed by atoms with Crippen LogP contribution in [0, 0.1) is 11.8 Å². The van der Waals surface area contributed by atoms with E-state index < -0.39 is 17.8 Å². The molecular formula is C10H16F2O2. The maximum absolute atomic E-state index is 13.1. The summed E-state index contributed by atoms with van der Waals surface area (Å²) in [6.45, 7) is 2.04. The highest BCUT2D eigenvalue weighted by Gasteiger charge is 2.47. The first-order valence-corrected chi connectivity index (χ1v) is 5.09. The van der Waals surface area contributed by atoms with Crippen molar-refractivity contribution in [2.75, 3.05) is 0 Å². The number of hydrogen-bond acceptors (Lipinski definition) is 1. The Morgan fingerprint density at radius 3 is 2.21 bits per heavy atom. The second kappa shape index (κ2) is 4.24. The summed E-state index contributed by atoms with van der Waals surface area (Å²) in [5.74, 6) is -5.95. The van der Waals surface area contributed by atoms with Crippen molar-refractivity contribution in [1.82, 2.24) is 0 Å². The van der Waals surface area contributed by atoms with Crippen LogP contribution in [0.5, 0.6) is 0 Å². The average Bonchev–Trinajstić information content (AvgIpc) is 2.17. The first kappa shape index (κ1) is 11.4. The van der Waals surface area contributed by atoms with E-state index in [1.165, 1.54) is 0 Å². The molecule has 2 nitrogen and oxygen atoms in total. The fraction of sp³-hybridized carbons (Fsp3) is 0.900. The number of alkyl halides is 2. The van der Waals surface area contributed by atoms with Gasteiger partial charge in [-0.1, -0.05) is 13.3 Å². The van der Waals surface area contributed by atoms with Crippen LogP contribution in [0.15, 0.2) is 0 Å². The standard InChI is InChI=1S/C10H16F2O2/c1-2-7-3-5-8(6-4-7)10(11,12)9(13)14/h7-8H,2-6H2,1H3,(H,13,14). The minimum Gasteiger partial charge on any atom is -0.477 e. The van der Waals surface area contributed by atoms with Crippen molar-refractivity contribution in [3.05, 3.63) is 0 Å². The van der Waals surface area contributed by atoms with E-state index in [2.05, 4.69) is 0 Å². The van der Waals surface area contributed by atoms with E-state index in [1.54, 1.807) is 0 Å². The number of carbonyl (C=O) groups is 1. The van der Waals surface area contributed by atoms with Crippen LogP contribution >= 0.6 is 0 Å². The number of halogens is 2. The van der Waals surface area contributed by atoms with Crippen LogP contribution in [0.4, 0.5) is 8.78 Å². The molecule has 0 radical (unpaired) electrons. The van der Waals surface area contributed by atoms with E-state index in [4.69, 9.17) is 5.11 Å². The van der Waals surface area contributed by atoms with E-state index >= 15 is 0 Å². The Morgan fingerprint density at radius 2 is 1.86 bits per heavy atom. The van der Waals surface area contributed by atoms with Crippen LogP contribution in [-0.4, -0.2) is 17.0 Å². The zero-order valence-corrected chi connectivity index (χ0v) is 8.30. The van der Waals surface area contributed by atoms with E-state index in [9.17, 15) is 13.6 Å². The number of hydrogen-bond donors (Lipinski definition) is 1. The predicted molar refractivity (Wildman–Crippen MR) is 48.3 cm³/mol. The number of aliphatic carboxylic acids is 1. The lowest BCUT2D eigenvalue weighted by Crippen LogP contribution is -2.39. The SMILES string of the molecule is CCC1CCC(C(F)(F)C(=O)O)CC1. The molecule has 0 atom stereocenters. The molecule has 0 unspecified atom stereocenters. The molecule has 1 aliphatic carbocycles. The van der Waals surface area contributed by atoms with E-state index in [0.29, 0.717) is 18.8 Å². The number of rotatable bonds is 3. The van der Waals surface area contributed by atoms with Gasteiger partial charge in [-0.2, -0.15) is 8.78 Å². The Balaban J connectivity index is 2.53. The molecule has 82 valence electrons. The molecule has 0 aromatic heterocycles. The highest BCUT2D eigenvalue weighted by Crippen LogP contribution is 2.39. The molecule has 0 bridgehead atoms. The van der Waals surface area contributed by atoms with Crippen LogP contribution in [-0.2, 0) is 4.79 Å². The summed E-state index contributed by atoms with van der Waals surface area (Å²) < 4.78 is 26.1. The molecule has 1 saturated carbocycles. The average molecular weight is 206 g/mol. The van der Waals surface area contributed by atoms with Gasteiger partial charge in [-0.05, 0) is 31.6 Å². The van der Waals surface area contributed by atoms with Gasteiger partial charge in [-0.3, -0.25) is 0 Å². The third-order valence-corrected chi connectivity index (χ3v) is 3.22. The smallest absolute Gasteiger partial charge is 0.374 e. The Morgan fingerprint density at radius 1 is 1.36 bits per heavy atom. The molecule has 0 aromatic rings. The zero-order valence-electron chi connectivity index (χ0n) is 8.30. The third-order valence-electron chi connectivity index (χ3n) is 3.22. The molecule has 1 fully saturated rings. The maximum atomic E-state index is 13.1. The molecule has 0 aromatic carbocycles. The molecule has 0 amide bonds. The van der Waals surface area contributed by atoms with Crippen molar-refractivity contribution in [2.24, 2.45) is 11.8 Å². The van der Waals surface area contributed by atoms with Gasteiger partial charge in [0, 0.05) is 5.92 Å². The zero-order chi connectivity index (χ0) is 10.8. The van der Waals surface area contributed by atoms with Gasteiger partial charge in [0.1, 0.15) is 0 Å². The van der Waals surface area contributed by atoms with E-state index in [-0.39, 0.29) is 0 Å². The fourth-order valence-corrected chi connectivity index (χ4v) is 2.11. The van der Waals surface area contributed by atoms with Crippen molar-refractivity contribution in [3.8, 4) is 0 Å². The van der Waals surface area contributed by atoms with Crippen LogP contribution in [0.2, 0.25) is 0 Å². The van der Waals surface area contributed by atoms with Gasteiger partial charge in [0.05, 0.1) is 0 Å². The van der Waals surface area contributed by atoms with Crippen LogP contribution in [0.3, 0.4) is 0 Å². The molecule has 0 heterocycles. The quantitative estimate of drug-likeness (QED) is 0.770. The van der Waals surface area contributed by atoms with Crippen LogP contribution < -0.4 is 0 Å². The van der Waals surface area contributed by atoms with E-state index in [1.807, 2.05) is 6.92 Å². The molecule has 1 rings (SSSR count). The van der Waals surface area contributed by atoms with Gasteiger partial charge < -0.3 is 5.11 Å². The lowest BCUT2D eigenvalue weighted by Gasteiger charge is -2.30. The molecule has 1 N–H and O–H groups in total. The van der Waals surface area contributed by atoms with Gasteiger partial charge in [-0.15, -0.1) is 0 Å². The molecule has 14 heavy (non-hydrogen) atoms. The lowest BCUT2D eigenvalue weighted by atomic mass is 9.78. The van der Waals surface area contributed by atoms with Gasteiger partial charge >= 0.3 is 11.9 Å². The highest BCUT2D eigenvalue weighted by atomic mass is 19.3. The number of carboxylic acid groups (broad SMARTS) is 1. The second-order valence-electron chi connectivity index (χ2n) is 4.05. The Bertz CT molecular complexity index is 208. The van der Waals surface area contributed by atoms with Crippen molar-refractivity contribution in [1.29, 1.82) is 0 Å². The second-order valence-corrected chi connectivity index (χ2v) is 4.05. The molecule has 0 spiro atoms.